The molecular formula is C20H20F2N4O4S. The predicted octanol–water partition coefficient (Wildman–Crippen LogP) is 3.68. The van der Waals surface area contributed by atoms with Crippen LogP contribution < -0.4 is 15.2 Å². The second-order valence-electron chi connectivity index (χ2n) is 6.35. The van der Waals surface area contributed by atoms with E-state index in [1.807, 2.05) is 23.8 Å². The zero-order valence-electron chi connectivity index (χ0n) is 17.0. The van der Waals surface area contributed by atoms with Gasteiger partial charge in [0.25, 0.3) is 0 Å². The quantitative estimate of drug-likeness (QED) is 0.231. The Labute approximate surface area is 180 Å². The molecule has 3 aromatic rings. The number of Topliss-reactive ketones (excluding diaryl/α,β-unsaturated/α-hetero) is 1. The van der Waals surface area contributed by atoms with E-state index in [9.17, 15) is 13.6 Å². The van der Waals surface area contributed by atoms with Gasteiger partial charge in [0.05, 0.1) is 7.11 Å². The van der Waals surface area contributed by atoms with Gasteiger partial charge in [0.15, 0.2) is 29.1 Å². The molecule has 11 heteroatoms. The lowest BCUT2D eigenvalue weighted by Crippen LogP contribution is -2.16. The van der Waals surface area contributed by atoms with Crippen molar-refractivity contribution in [1.82, 2.24) is 9.55 Å². The van der Waals surface area contributed by atoms with Crippen LogP contribution in [-0.4, -0.2) is 41.5 Å². The number of amidine groups is 1. The number of hydrogen-bond acceptors (Lipinski definition) is 7. The molecule has 0 spiro atoms. The van der Waals surface area contributed by atoms with E-state index in [4.69, 9.17) is 15.3 Å². The van der Waals surface area contributed by atoms with Crippen molar-refractivity contribution >= 4 is 23.0 Å². The Kier molecular flexibility index (Phi) is 6.85. The van der Waals surface area contributed by atoms with E-state index in [1.165, 1.54) is 36.6 Å². The summed E-state index contributed by atoms with van der Waals surface area (Å²) in [5.41, 5.74) is 8.35. The first-order chi connectivity index (χ1) is 14.8. The van der Waals surface area contributed by atoms with Crippen molar-refractivity contribution in [2.24, 2.45) is 10.9 Å². The molecule has 0 atom stereocenters. The number of nitrogens with two attached hydrogens (primary N) is 1. The van der Waals surface area contributed by atoms with E-state index in [-0.39, 0.29) is 29.7 Å². The van der Waals surface area contributed by atoms with Gasteiger partial charge in [-0.05, 0) is 38.1 Å². The van der Waals surface area contributed by atoms with Gasteiger partial charge < -0.3 is 20.0 Å². The van der Waals surface area contributed by atoms with Gasteiger partial charge in [0, 0.05) is 34.1 Å². The van der Waals surface area contributed by atoms with Gasteiger partial charge in [-0.1, -0.05) is 5.16 Å². The fraction of sp³-hybridized carbons (Fsp3) is 0.250. The fourth-order valence-corrected chi connectivity index (χ4v) is 3.73. The molecule has 0 saturated heterocycles. The molecule has 0 aliphatic carbocycles. The first-order valence-corrected chi connectivity index (χ1v) is 9.90. The third kappa shape index (κ3) is 5.00. The number of ether oxygens (including phenoxy) is 2. The molecule has 164 valence electrons. The lowest BCUT2D eigenvalue weighted by Gasteiger charge is -2.11. The average molecular weight is 450 g/mol. The van der Waals surface area contributed by atoms with E-state index < -0.39 is 6.61 Å². The summed E-state index contributed by atoms with van der Waals surface area (Å²) in [6.45, 7) is 0.399. The Balaban J connectivity index is 1.69. The molecule has 0 aliphatic rings. The number of oxime groups is 1. The number of aromatic nitrogens is 2. The van der Waals surface area contributed by atoms with Crippen LogP contribution >= 0.6 is 11.3 Å². The number of benzene rings is 1. The maximum Gasteiger partial charge on any atom is 0.387 e. The second-order valence-corrected chi connectivity index (χ2v) is 7.23. The third-order valence-electron chi connectivity index (χ3n) is 4.38. The van der Waals surface area contributed by atoms with Crippen molar-refractivity contribution in [2.75, 3.05) is 13.7 Å². The number of thiazole rings is 1. The first kappa shape index (κ1) is 22.2. The molecule has 31 heavy (non-hydrogen) atoms. The summed E-state index contributed by atoms with van der Waals surface area (Å²) in [6, 6.07) is 5.85. The summed E-state index contributed by atoms with van der Waals surface area (Å²) in [5, 5.41) is 6.37. The van der Waals surface area contributed by atoms with Gasteiger partial charge in [0.2, 0.25) is 5.78 Å². The number of carbonyl (C=O) groups is 1. The topological polar surface area (TPSA) is 101 Å². The number of hydrogen-bond donors (Lipinski definition) is 1. The normalized spacial score (nSPS) is 11.6. The highest BCUT2D eigenvalue weighted by molar-refractivity contribution is 7.12. The highest BCUT2D eigenvalue weighted by Gasteiger charge is 2.18. The van der Waals surface area contributed by atoms with Crippen LogP contribution in [-0.2, 0) is 4.84 Å². The minimum atomic E-state index is -2.99. The minimum Gasteiger partial charge on any atom is -0.493 e. The summed E-state index contributed by atoms with van der Waals surface area (Å²) >= 11 is 1.47. The van der Waals surface area contributed by atoms with Crippen molar-refractivity contribution in [3.63, 3.8) is 0 Å². The zero-order valence-corrected chi connectivity index (χ0v) is 17.8. The van der Waals surface area contributed by atoms with Crippen molar-refractivity contribution in [1.29, 1.82) is 0 Å². The number of alkyl halides is 2. The fourth-order valence-electron chi connectivity index (χ4n) is 2.98. The molecule has 0 amide bonds. The van der Waals surface area contributed by atoms with Crippen LogP contribution in [0.15, 0.2) is 41.0 Å². The van der Waals surface area contributed by atoms with E-state index in [0.29, 0.717) is 11.1 Å². The number of rotatable bonds is 9. The Morgan fingerprint density at radius 1 is 1.29 bits per heavy atom. The summed E-state index contributed by atoms with van der Waals surface area (Å²) in [6.07, 6.45) is 1.70. The molecule has 2 N–H and O–H groups in total. The number of halogens is 2. The molecular weight excluding hydrogens is 430 g/mol. The molecule has 0 bridgehead atoms. The van der Waals surface area contributed by atoms with Crippen molar-refractivity contribution in [2.45, 2.75) is 20.5 Å². The lowest BCUT2D eigenvalue weighted by molar-refractivity contribution is -0.0512. The Bertz CT molecular complexity index is 1100. The highest BCUT2D eigenvalue weighted by Crippen LogP contribution is 2.29. The van der Waals surface area contributed by atoms with Crippen LogP contribution in [0.1, 0.15) is 27.3 Å². The first-order valence-electron chi connectivity index (χ1n) is 9.02. The monoisotopic (exact) mass is 450 g/mol. The molecule has 0 unspecified atom stereocenters. The number of carbonyl (C=O) groups excluding carboxylic acids is 1. The van der Waals surface area contributed by atoms with Crippen LogP contribution in [0.3, 0.4) is 0 Å². The van der Waals surface area contributed by atoms with E-state index in [2.05, 4.69) is 14.9 Å². The molecule has 0 radical (unpaired) electrons. The second kappa shape index (κ2) is 9.56. The molecule has 0 saturated carbocycles. The molecule has 1 aromatic carbocycles. The van der Waals surface area contributed by atoms with Crippen molar-refractivity contribution < 1.29 is 27.9 Å². The van der Waals surface area contributed by atoms with Crippen LogP contribution in [0.4, 0.5) is 8.78 Å². The maximum atomic E-state index is 12.6. The average Bonchev–Trinajstić information content (AvgIpc) is 3.35. The summed E-state index contributed by atoms with van der Waals surface area (Å²) in [5.74, 6) is -0.406. The van der Waals surface area contributed by atoms with Crippen LogP contribution in [0.2, 0.25) is 0 Å². The van der Waals surface area contributed by atoms with E-state index >= 15 is 0 Å². The third-order valence-corrected chi connectivity index (χ3v) is 5.13. The standard InChI is InChI=1S/C20H20F2N4O4S/c1-11-8-14(12(2)26(11)20-24-6-7-31-20)15(27)10-29-25-18(23)13-4-5-16(30-19(21)22)17(9-13)28-3/h4-9,19H,10H2,1-3H3,(H2,23,25). The number of ketones is 1. The summed E-state index contributed by atoms with van der Waals surface area (Å²) in [7, 11) is 1.31. The number of methoxy groups -OCH3 is 1. The van der Waals surface area contributed by atoms with Gasteiger partial charge in [-0.2, -0.15) is 8.78 Å². The molecule has 2 heterocycles. The SMILES string of the molecule is COc1cc(C(N)=NOCC(=O)c2cc(C)n(-c3nccs3)c2C)ccc1OC(F)F. The molecule has 0 aliphatic heterocycles. The molecule has 2 aromatic heterocycles. The number of nitrogens with zero attached hydrogens (tertiary/aromatic N) is 3. The lowest BCUT2D eigenvalue weighted by atomic mass is 10.1. The smallest absolute Gasteiger partial charge is 0.387 e. The summed E-state index contributed by atoms with van der Waals surface area (Å²) in [4.78, 5) is 22.0. The zero-order chi connectivity index (χ0) is 22.5. The largest absolute Gasteiger partial charge is 0.493 e. The van der Waals surface area contributed by atoms with E-state index in [1.54, 1.807) is 12.3 Å². The van der Waals surface area contributed by atoms with Gasteiger partial charge in [-0.25, -0.2) is 4.98 Å². The molecule has 8 nitrogen and oxygen atoms in total. The molecule has 3 rings (SSSR count). The number of aryl methyl sites for hydroxylation is 1. The summed E-state index contributed by atoms with van der Waals surface area (Å²) < 4.78 is 36.1. The molecule has 0 fully saturated rings. The Morgan fingerprint density at radius 3 is 2.71 bits per heavy atom. The van der Waals surface area contributed by atoms with Gasteiger partial charge >= 0.3 is 6.61 Å². The van der Waals surface area contributed by atoms with Crippen LogP contribution in [0, 0.1) is 13.8 Å². The van der Waals surface area contributed by atoms with E-state index in [0.717, 1.165) is 16.5 Å². The van der Waals surface area contributed by atoms with Crippen molar-refractivity contribution in [3.8, 4) is 16.6 Å². The predicted molar refractivity (Wildman–Crippen MR) is 112 cm³/mol. The minimum absolute atomic E-state index is 0.0528. The highest BCUT2D eigenvalue weighted by atomic mass is 32.1. The Morgan fingerprint density at radius 2 is 2.06 bits per heavy atom. The Hall–Kier alpha value is -3.47. The maximum absolute atomic E-state index is 12.6. The van der Waals surface area contributed by atoms with Gasteiger partial charge in [-0.3, -0.25) is 9.36 Å². The van der Waals surface area contributed by atoms with Gasteiger partial charge in [-0.15, -0.1) is 11.3 Å². The van der Waals surface area contributed by atoms with Crippen molar-refractivity contribution in [3.05, 3.63) is 58.4 Å². The van der Waals surface area contributed by atoms with Crippen LogP contribution in [0.25, 0.3) is 5.13 Å². The van der Waals surface area contributed by atoms with Crippen LogP contribution in [0.5, 0.6) is 11.5 Å². The van der Waals surface area contributed by atoms with Gasteiger partial charge in [0.1, 0.15) is 0 Å².